The van der Waals surface area contributed by atoms with E-state index in [4.69, 9.17) is 0 Å². The molecule has 2 aromatic rings. The maximum absolute atomic E-state index is 13.0. The first-order valence-electron chi connectivity index (χ1n) is 9.09. The van der Waals surface area contributed by atoms with Crippen molar-refractivity contribution in [1.29, 1.82) is 0 Å². The minimum atomic E-state index is -3.63. The number of rotatable bonds is 4. The number of nitrogens with zero attached hydrogens (tertiary/aromatic N) is 3. The zero-order chi connectivity index (χ0) is 19.8. The van der Waals surface area contributed by atoms with E-state index in [2.05, 4.69) is 24.3 Å². The van der Waals surface area contributed by atoms with Gasteiger partial charge < -0.3 is 5.32 Å². The number of nitrogens with one attached hydrogen (secondary N) is 1. The zero-order valence-electron chi connectivity index (χ0n) is 16.1. The molecule has 1 N–H and O–H groups in total. The Morgan fingerprint density at radius 2 is 1.85 bits per heavy atom. The molecule has 2 atom stereocenters. The van der Waals surface area contributed by atoms with Gasteiger partial charge >= 0.3 is 0 Å². The second-order valence-corrected chi connectivity index (χ2v) is 9.48. The number of amides is 1. The van der Waals surface area contributed by atoms with E-state index >= 15 is 0 Å². The summed E-state index contributed by atoms with van der Waals surface area (Å²) in [7, 11) is -1.89. The van der Waals surface area contributed by atoms with Crippen LogP contribution in [0.2, 0.25) is 0 Å². The summed E-state index contributed by atoms with van der Waals surface area (Å²) in [6.07, 6.45) is 1.03. The second-order valence-electron chi connectivity index (χ2n) is 7.54. The first kappa shape index (κ1) is 19.6. The third kappa shape index (κ3) is 4.22. The lowest BCUT2D eigenvalue weighted by Gasteiger charge is -2.34. The summed E-state index contributed by atoms with van der Waals surface area (Å²) in [6.45, 7) is 6.99. The number of carbonyl (C=O) groups is 1. The highest BCUT2D eigenvalue weighted by Gasteiger charge is 2.32. The van der Waals surface area contributed by atoms with Crippen molar-refractivity contribution in [3.63, 3.8) is 0 Å². The molecule has 0 spiro atoms. The maximum Gasteiger partial charge on any atom is 0.256 e. The highest BCUT2D eigenvalue weighted by atomic mass is 32.2. The third-order valence-electron chi connectivity index (χ3n) is 4.81. The number of hydrogen-bond acceptors (Lipinski definition) is 4. The lowest BCUT2D eigenvalue weighted by Crippen LogP contribution is -2.42. The number of carbonyl (C=O) groups excluding carboxylic acids is 1. The molecule has 1 aliphatic heterocycles. The van der Waals surface area contributed by atoms with E-state index in [1.165, 1.54) is 10.4 Å². The van der Waals surface area contributed by atoms with Gasteiger partial charge in [-0.1, -0.05) is 19.9 Å². The van der Waals surface area contributed by atoms with E-state index in [1.807, 2.05) is 6.92 Å². The van der Waals surface area contributed by atoms with Gasteiger partial charge in [-0.2, -0.15) is 9.40 Å². The molecule has 7 nitrogen and oxygen atoms in total. The number of benzene rings is 1. The van der Waals surface area contributed by atoms with Crippen molar-refractivity contribution in [3.05, 3.63) is 41.6 Å². The minimum absolute atomic E-state index is 0.151. The van der Waals surface area contributed by atoms with Gasteiger partial charge in [-0.15, -0.1) is 0 Å². The fourth-order valence-electron chi connectivity index (χ4n) is 3.66. The Morgan fingerprint density at radius 3 is 2.44 bits per heavy atom. The summed E-state index contributed by atoms with van der Waals surface area (Å²) in [6, 6.07) is 7.96. The van der Waals surface area contributed by atoms with E-state index < -0.39 is 10.0 Å². The first-order valence-corrected chi connectivity index (χ1v) is 10.5. The van der Waals surface area contributed by atoms with Crippen LogP contribution in [0.5, 0.6) is 0 Å². The van der Waals surface area contributed by atoms with E-state index in [0.29, 0.717) is 36.3 Å². The predicted molar refractivity (Wildman–Crippen MR) is 104 cm³/mol. The molecule has 1 amide bonds. The normalized spacial score (nSPS) is 21.2. The topological polar surface area (TPSA) is 84.3 Å². The van der Waals surface area contributed by atoms with Crippen LogP contribution in [0.15, 0.2) is 35.2 Å². The van der Waals surface area contributed by atoms with E-state index in [9.17, 15) is 13.2 Å². The van der Waals surface area contributed by atoms with Gasteiger partial charge in [-0.25, -0.2) is 8.42 Å². The lowest BCUT2D eigenvalue weighted by atomic mass is 9.94. The van der Waals surface area contributed by atoms with Crippen LogP contribution in [0.4, 0.5) is 5.82 Å². The van der Waals surface area contributed by atoms with Crippen LogP contribution < -0.4 is 5.32 Å². The molecule has 2 heterocycles. The Morgan fingerprint density at radius 1 is 1.19 bits per heavy atom. The summed E-state index contributed by atoms with van der Waals surface area (Å²) < 4.78 is 29.2. The summed E-state index contributed by atoms with van der Waals surface area (Å²) in [5.74, 6) is 0.839. The van der Waals surface area contributed by atoms with Crippen molar-refractivity contribution in [1.82, 2.24) is 14.1 Å². The van der Waals surface area contributed by atoms with E-state index in [-0.39, 0.29) is 10.8 Å². The zero-order valence-corrected chi connectivity index (χ0v) is 17.0. The van der Waals surface area contributed by atoms with Gasteiger partial charge in [-0.3, -0.25) is 9.48 Å². The SMILES string of the molecule is Cc1cc(NC(=O)c2cccc(S(=O)(=O)N3CC(C)CC(C)C3)c2)n(C)n1. The van der Waals surface area contributed by atoms with Crippen molar-refractivity contribution >= 4 is 21.7 Å². The number of aryl methyl sites for hydroxylation is 2. The molecule has 1 aliphatic rings. The highest BCUT2D eigenvalue weighted by molar-refractivity contribution is 7.89. The van der Waals surface area contributed by atoms with Gasteiger partial charge in [0.2, 0.25) is 10.0 Å². The Labute approximate surface area is 160 Å². The maximum atomic E-state index is 13.0. The molecular weight excluding hydrogens is 364 g/mol. The fraction of sp³-hybridized carbons (Fsp3) is 0.474. The molecule has 3 rings (SSSR count). The standard InChI is InChI=1S/C19H26N4O3S/c1-13-8-14(2)12-23(11-13)27(25,26)17-7-5-6-16(10-17)19(24)20-18-9-15(3)21-22(18)4/h5-7,9-10,13-14H,8,11-12H2,1-4H3,(H,20,24). The Balaban J connectivity index is 1.84. The third-order valence-corrected chi connectivity index (χ3v) is 6.64. The van der Waals surface area contributed by atoms with E-state index in [1.54, 1.807) is 36.0 Å². The molecule has 2 unspecified atom stereocenters. The number of piperidine rings is 1. The van der Waals surface area contributed by atoms with Gasteiger partial charge in [0, 0.05) is 31.8 Å². The van der Waals surface area contributed by atoms with Crippen molar-refractivity contribution < 1.29 is 13.2 Å². The second kappa shape index (κ2) is 7.44. The quantitative estimate of drug-likeness (QED) is 0.870. The minimum Gasteiger partial charge on any atom is -0.307 e. The summed E-state index contributed by atoms with van der Waals surface area (Å²) in [5.41, 5.74) is 1.09. The molecule has 0 saturated carbocycles. The molecule has 1 aromatic heterocycles. The lowest BCUT2D eigenvalue weighted by molar-refractivity contribution is 0.102. The smallest absolute Gasteiger partial charge is 0.256 e. The Bertz CT molecular complexity index is 942. The average Bonchev–Trinajstić information content (AvgIpc) is 2.91. The Hall–Kier alpha value is -2.19. The highest BCUT2D eigenvalue weighted by Crippen LogP contribution is 2.27. The van der Waals surface area contributed by atoms with Crippen molar-refractivity contribution in [2.75, 3.05) is 18.4 Å². The van der Waals surface area contributed by atoms with Gasteiger partial charge in [0.25, 0.3) is 5.91 Å². The summed E-state index contributed by atoms with van der Waals surface area (Å²) in [4.78, 5) is 12.7. The van der Waals surface area contributed by atoms with Crippen LogP contribution in [0.1, 0.15) is 36.3 Å². The monoisotopic (exact) mass is 390 g/mol. The van der Waals surface area contributed by atoms with Crippen LogP contribution in [-0.2, 0) is 17.1 Å². The molecule has 1 fully saturated rings. The molecule has 1 saturated heterocycles. The number of aromatic nitrogens is 2. The fourth-order valence-corrected chi connectivity index (χ4v) is 5.39. The van der Waals surface area contributed by atoms with Gasteiger partial charge in [-0.05, 0) is 43.4 Å². The van der Waals surface area contributed by atoms with Crippen LogP contribution >= 0.6 is 0 Å². The summed E-state index contributed by atoms with van der Waals surface area (Å²) >= 11 is 0. The van der Waals surface area contributed by atoms with Crippen molar-refractivity contribution in [2.24, 2.45) is 18.9 Å². The number of anilines is 1. The molecule has 0 aliphatic carbocycles. The van der Waals surface area contributed by atoms with Gasteiger partial charge in [0.1, 0.15) is 5.82 Å². The van der Waals surface area contributed by atoms with Crippen molar-refractivity contribution in [2.45, 2.75) is 32.1 Å². The first-order chi connectivity index (χ1) is 12.7. The molecule has 0 radical (unpaired) electrons. The number of hydrogen-bond donors (Lipinski definition) is 1. The van der Waals surface area contributed by atoms with Crippen LogP contribution in [-0.4, -0.2) is 41.5 Å². The van der Waals surface area contributed by atoms with Gasteiger partial charge in [0.15, 0.2) is 0 Å². The van der Waals surface area contributed by atoms with Crippen molar-refractivity contribution in [3.8, 4) is 0 Å². The summed E-state index contributed by atoms with van der Waals surface area (Å²) in [5, 5.41) is 6.96. The van der Waals surface area contributed by atoms with Crippen LogP contribution in [0.25, 0.3) is 0 Å². The van der Waals surface area contributed by atoms with Crippen LogP contribution in [0.3, 0.4) is 0 Å². The van der Waals surface area contributed by atoms with Gasteiger partial charge in [0.05, 0.1) is 10.6 Å². The Kier molecular flexibility index (Phi) is 5.39. The number of sulfonamides is 1. The van der Waals surface area contributed by atoms with Crippen LogP contribution in [0, 0.1) is 18.8 Å². The largest absolute Gasteiger partial charge is 0.307 e. The molecule has 1 aromatic carbocycles. The molecule has 146 valence electrons. The average molecular weight is 391 g/mol. The molecule has 27 heavy (non-hydrogen) atoms. The molecular formula is C19H26N4O3S. The molecule has 0 bridgehead atoms. The predicted octanol–water partition coefficient (Wildman–Crippen LogP) is 2.65. The van der Waals surface area contributed by atoms with E-state index in [0.717, 1.165) is 12.1 Å². The molecule has 8 heteroatoms.